The SMILES string of the molecule is C=S(C)(=O)C1=CCCC(O)=C1.Cc1ccc2ccccc2c1-c1cc(C)c2ccccc2c1O. The Morgan fingerprint density at radius 2 is 1.50 bits per heavy atom. The molecule has 1 aliphatic rings. The van der Waals surface area contributed by atoms with E-state index in [0.29, 0.717) is 22.8 Å². The molecule has 34 heavy (non-hydrogen) atoms. The van der Waals surface area contributed by atoms with Crippen LogP contribution in [0.4, 0.5) is 0 Å². The average molecular weight is 471 g/mol. The molecule has 0 heterocycles. The summed E-state index contributed by atoms with van der Waals surface area (Å²) in [7, 11) is -2.13. The Balaban J connectivity index is 0.000000210. The first-order valence-electron chi connectivity index (χ1n) is 11.3. The smallest absolute Gasteiger partial charge is 0.131 e. The van der Waals surface area contributed by atoms with Crippen LogP contribution in [-0.4, -0.2) is 26.5 Å². The van der Waals surface area contributed by atoms with Crippen LogP contribution in [0.2, 0.25) is 0 Å². The van der Waals surface area contributed by atoms with Gasteiger partial charge in [0.15, 0.2) is 0 Å². The van der Waals surface area contributed by atoms with Crippen molar-refractivity contribution >= 4 is 36.9 Å². The standard InChI is InChI=1S/C22H18O.C8H12O2S/c1-14-11-12-16-7-3-4-9-18(16)21(14)20-13-15(2)17-8-5-6-10-19(17)22(20)23;1-11(2,10)8-5-3-4-7(9)6-8/h3-13,23H,1-2H3;5-6,9H,1,3-4H2,2H3. The van der Waals surface area contributed by atoms with Crippen molar-refractivity contribution in [2.75, 3.05) is 6.26 Å². The molecule has 0 aromatic heterocycles. The monoisotopic (exact) mass is 470 g/mol. The highest BCUT2D eigenvalue weighted by Gasteiger charge is 2.15. The summed E-state index contributed by atoms with van der Waals surface area (Å²) in [6.45, 7) is 4.21. The lowest BCUT2D eigenvalue weighted by Crippen LogP contribution is -2.02. The van der Waals surface area contributed by atoms with Gasteiger partial charge in [0.25, 0.3) is 0 Å². The van der Waals surface area contributed by atoms with Crippen molar-refractivity contribution in [2.24, 2.45) is 0 Å². The van der Waals surface area contributed by atoms with Crippen LogP contribution in [0.3, 0.4) is 0 Å². The summed E-state index contributed by atoms with van der Waals surface area (Å²) in [4.78, 5) is 0.668. The van der Waals surface area contributed by atoms with E-state index < -0.39 is 9.52 Å². The Morgan fingerprint density at radius 3 is 2.15 bits per heavy atom. The van der Waals surface area contributed by atoms with Crippen LogP contribution in [0, 0.1) is 13.8 Å². The quantitative estimate of drug-likeness (QED) is 0.299. The molecule has 0 saturated heterocycles. The van der Waals surface area contributed by atoms with Crippen molar-refractivity contribution in [1.29, 1.82) is 0 Å². The predicted molar refractivity (Wildman–Crippen MR) is 147 cm³/mol. The molecule has 0 fully saturated rings. The van der Waals surface area contributed by atoms with E-state index in [4.69, 9.17) is 5.11 Å². The number of aromatic hydroxyl groups is 1. The van der Waals surface area contributed by atoms with E-state index in [-0.39, 0.29) is 0 Å². The number of benzene rings is 4. The third kappa shape index (κ3) is 4.73. The van der Waals surface area contributed by atoms with E-state index in [1.54, 1.807) is 12.3 Å². The summed E-state index contributed by atoms with van der Waals surface area (Å²) < 4.78 is 11.4. The van der Waals surface area contributed by atoms with Crippen LogP contribution < -0.4 is 0 Å². The van der Waals surface area contributed by atoms with Gasteiger partial charge in [-0.3, -0.25) is 4.21 Å². The summed E-state index contributed by atoms with van der Waals surface area (Å²) >= 11 is 0. The molecule has 0 aliphatic heterocycles. The zero-order valence-electron chi connectivity index (χ0n) is 19.8. The van der Waals surface area contributed by atoms with Gasteiger partial charge in [0.2, 0.25) is 0 Å². The van der Waals surface area contributed by atoms with E-state index in [9.17, 15) is 9.32 Å². The molecule has 0 spiro atoms. The molecular formula is C30H30O3S. The van der Waals surface area contributed by atoms with Gasteiger partial charge in [0, 0.05) is 28.5 Å². The minimum Gasteiger partial charge on any atom is -0.512 e. The van der Waals surface area contributed by atoms with Crippen molar-refractivity contribution in [3.63, 3.8) is 0 Å². The molecule has 0 radical (unpaired) electrons. The van der Waals surface area contributed by atoms with E-state index in [0.717, 1.165) is 28.3 Å². The highest BCUT2D eigenvalue weighted by molar-refractivity contribution is 8.03. The summed E-state index contributed by atoms with van der Waals surface area (Å²) in [5.41, 5.74) is 4.39. The number of phenolic OH excluding ortho intramolecular Hbond substituents is 1. The average Bonchev–Trinajstić information content (AvgIpc) is 2.82. The topological polar surface area (TPSA) is 57.5 Å². The number of phenols is 1. The molecule has 4 heteroatoms. The van der Waals surface area contributed by atoms with Crippen LogP contribution >= 0.6 is 0 Å². The van der Waals surface area contributed by atoms with Crippen LogP contribution in [0.15, 0.2) is 89.5 Å². The van der Waals surface area contributed by atoms with Crippen LogP contribution in [0.25, 0.3) is 32.7 Å². The molecule has 2 N–H and O–H groups in total. The Kier molecular flexibility index (Phi) is 6.54. The first-order chi connectivity index (χ1) is 16.2. The first-order valence-corrected chi connectivity index (χ1v) is 13.4. The maximum absolute atomic E-state index is 11.4. The minimum atomic E-state index is -2.13. The Hall–Kier alpha value is -3.50. The number of aliphatic hydroxyl groups excluding tert-OH is 1. The van der Waals surface area contributed by atoms with Gasteiger partial charge in [-0.15, -0.1) is 0 Å². The number of aryl methyl sites for hydroxylation is 2. The number of hydrogen-bond donors (Lipinski definition) is 2. The molecule has 1 atom stereocenters. The first kappa shape index (κ1) is 23.7. The molecule has 0 bridgehead atoms. The van der Waals surface area contributed by atoms with Crippen molar-refractivity contribution in [1.82, 2.24) is 0 Å². The second-order valence-electron chi connectivity index (χ2n) is 8.90. The van der Waals surface area contributed by atoms with Crippen LogP contribution in [0.1, 0.15) is 24.0 Å². The maximum atomic E-state index is 11.4. The summed E-state index contributed by atoms with van der Waals surface area (Å²) in [5, 5.41) is 24.4. The Bertz CT molecular complexity index is 1560. The molecule has 4 aromatic carbocycles. The van der Waals surface area contributed by atoms with Crippen LogP contribution in [-0.2, 0) is 9.52 Å². The second-order valence-corrected chi connectivity index (χ2v) is 11.4. The molecule has 5 rings (SSSR count). The molecule has 174 valence electrons. The maximum Gasteiger partial charge on any atom is 0.131 e. The van der Waals surface area contributed by atoms with E-state index >= 15 is 0 Å². The molecule has 1 aliphatic carbocycles. The number of allylic oxidation sites excluding steroid dienone is 3. The molecule has 4 aromatic rings. The van der Waals surface area contributed by atoms with Crippen molar-refractivity contribution in [2.45, 2.75) is 26.7 Å². The van der Waals surface area contributed by atoms with E-state index in [1.165, 1.54) is 21.9 Å². The zero-order chi connectivity index (χ0) is 24.5. The van der Waals surface area contributed by atoms with Gasteiger partial charge in [-0.2, -0.15) is 0 Å². The van der Waals surface area contributed by atoms with Crippen molar-refractivity contribution < 1.29 is 14.4 Å². The highest BCUT2D eigenvalue weighted by Crippen LogP contribution is 2.42. The lowest BCUT2D eigenvalue weighted by molar-refractivity contribution is 0.387. The summed E-state index contributed by atoms with van der Waals surface area (Å²) in [6.07, 6.45) is 6.42. The third-order valence-corrected chi connectivity index (χ3v) is 7.46. The summed E-state index contributed by atoms with van der Waals surface area (Å²) in [5.74, 6) is 4.20. The number of rotatable bonds is 2. The molecule has 3 nitrogen and oxygen atoms in total. The van der Waals surface area contributed by atoms with Crippen molar-refractivity contribution in [3.8, 4) is 16.9 Å². The van der Waals surface area contributed by atoms with Gasteiger partial charge < -0.3 is 10.2 Å². The van der Waals surface area contributed by atoms with Gasteiger partial charge >= 0.3 is 0 Å². The fourth-order valence-electron chi connectivity index (χ4n) is 4.43. The van der Waals surface area contributed by atoms with Gasteiger partial charge in [-0.1, -0.05) is 66.7 Å². The Labute approximate surface area is 201 Å². The van der Waals surface area contributed by atoms with Gasteiger partial charge in [-0.05, 0) is 80.7 Å². The molecule has 0 amide bonds. The summed E-state index contributed by atoms with van der Waals surface area (Å²) in [6, 6.07) is 22.7. The third-order valence-electron chi connectivity index (χ3n) is 6.18. The van der Waals surface area contributed by atoms with E-state index in [2.05, 4.69) is 62.2 Å². The second kappa shape index (κ2) is 9.40. The normalized spacial score (nSPS) is 15.1. The zero-order valence-corrected chi connectivity index (χ0v) is 20.7. The molecule has 0 saturated carbocycles. The number of fused-ring (bicyclic) bond motifs is 2. The van der Waals surface area contributed by atoms with Gasteiger partial charge in [0.05, 0.1) is 5.76 Å². The number of hydrogen-bond acceptors (Lipinski definition) is 3. The van der Waals surface area contributed by atoms with E-state index in [1.807, 2.05) is 30.3 Å². The largest absolute Gasteiger partial charge is 0.512 e. The molecule has 1 unspecified atom stereocenters. The highest BCUT2D eigenvalue weighted by atomic mass is 32.2. The van der Waals surface area contributed by atoms with Crippen LogP contribution in [0.5, 0.6) is 5.75 Å². The fourth-order valence-corrected chi connectivity index (χ4v) is 5.28. The van der Waals surface area contributed by atoms with Gasteiger partial charge in [-0.25, -0.2) is 0 Å². The number of aliphatic hydroxyl groups is 1. The molecular weight excluding hydrogens is 440 g/mol. The lowest BCUT2D eigenvalue weighted by Gasteiger charge is -2.15. The fraction of sp³-hybridized carbons (Fsp3) is 0.167. The van der Waals surface area contributed by atoms with Crippen molar-refractivity contribution in [3.05, 3.63) is 101 Å². The Morgan fingerprint density at radius 1 is 0.853 bits per heavy atom. The van der Waals surface area contributed by atoms with Gasteiger partial charge in [0.1, 0.15) is 5.75 Å². The minimum absolute atomic E-state index is 0.306. The predicted octanol–water partition coefficient (Wildman–Crippen LogP) is 7.43. The lowest BCUT2D eigenvalue weighted by atomic mass is 9.90.